The summed E-state index contributed by atoms with van der Waals surface area (Å²) in [6.45, 7) is 2.25. The van der Waals surface area contributed by atoms with Crippen molar-refractivity contribution in [3.8, 4) is 17.2 Å². The first-order valence-corrected chi connectivity index (χ1v) is 20.4. The van der Waals surface area contributed by atoms with Gasteiger partial charge in [0.05, 0.1) is 63.4 Å². The third kappa shape index (κ3) is 17.8. The van der Waals surface area contributed by atoms with Crippen molar-refractivity contribution in [3.63, 3.8) is 0 Å². The van der Waals surface area contributed by atoms with Gasteiger partial charge in [0.1, 0.15) is 36.9 Å². The summed E-state index contributed by atoms with van der Waals surface area (Å²) in [5.41, 5.74) is 2.22. The molecule has 0 saturated carbocycles. The van der Waals surface area contributed by atoms with Crippen LogP contribution in [0.4, 0.5) is 0 Å². The number of aromatic amines is 3. The van der Waals surface area contributed by atoms with Crippen LogP contribution in [0, 0.1) is 0 Å². The van der Waals surface area contributed by atoms with Gasteiger partial charge in [-0.25, -0.2) is 0 Å². The summed E-state index contributed by atoms with van der Waals surface area (Å²) in [5, 5.41) is 3.21. The first-order chi connectivity index (χ1) is 25.9. The molecule has 0 radical (unpaired) electrons. The quantitative estimate of drug-likeness (QED) is 0.0818. The maximum Gasteiger partial charge on any atom is 0.220 e. The number of benzene rings is 3. The lowest BCUT2D eigenvalue weighted by Gasteiger charge is -2.36. The number of quaternary nitrogens is 3. The molecule has 3 aromatic carbocycles. The van der Waals surface area contributed by atoms with E-state index in [2.05, 4.69) is 78.4 Å². The zero-order valence-electron chi connectivity index (χ0n) is 33.3. The zero-order valence-corrected chi connectivity index (χ0v) is 36.5. The highest BCUT2D eigenvalue weighted by atomic mass is 35.5. The number of aromatic nitrogens is 3. The molecule has 3 aromatic heterocycles. The van der Waals surface area contributed by atoms with Crippen LogP contribution in [-0.4, -0.2) is 128 Å². The summed E-state index contributed by atoms with van der Waals surface area (Å²) in [5.74, 6) is 2.44. The molecule has 6 rings (SSSR count). The molecule has 0 saturated heterocycles. The molecular formula is C39H54Cl3N6O7P. The first-order valence-electron chi connectivity index (χ1n) is 17.6. The van der Waals surface area contributed by atoms with Crippen LogP contribution < -0.4 is 28.9 Å². The van der Waals surface area contributed by atoms with Gasteiger partial charge in [-0.05, 0) is 36.4 Å². The van der Waals surface area contributed by atoms with E-state index in [0.29, 0.717) is 0 Å². The SMILES string of the molecule is C[N+](C)(C)CC(Cl)Oc1c[nH]c2ccccc12.C[N+](C)(C)CC(Cl)Oc1c[nH]c2ccccc12.C[N+](C)(C)CC(Cl)Oc1c[nH]c2ccccc12.O=P([O-])([O-])[O-]. The van der Waals surface area contributed by atoms with Crippen molar-refractivity contribution in [2.45, 2.75) is 16.7 Å². The van der Waals surface area contributed by atoms with Crippen molar-refractivity contribution in [2.24, 2.45) is 0 Å². The minimum absolute atomic E-state index is 0.325. The summed E-state index contributed by atoms with van der Waals surface area (Å²) in [6.07, 6.45) is 5.57. The average molecular weight is 856 g/mol. The Morgan fingerprint density at radius 1 is 0.500 bits per heavy atom. The smallest absolute Gasteiger partial charge is 0.220 e. The standard InChI is InChI=1S/3C13H18ClN2O.H3O4P/c3*1-16(2,3)9-13(14)17-12-8-15-11-7-5-4-6-10(11)12;1-5(2,3)4/h3*4-8,13,15H,9H2,1-3H3;(H3,1,2,3,4)/q3*+1;/p-3. The van der Waals surface area contributed by atoms with Crippen LogP contribution >= 0.6 is 42.6 Å². The fourth-order valence-electron chi connectivity index (χ4n) is 5.24. The summed E-state index contributed by atoms with van der Waals surface area (Å²) < 4.78 is 28.2. The number of hydrogen-bond acceptors (Lipinski definition) is 7. The van der Waals surface area contributed by atoms with Crippen LogP contribution in [0.2, 0.25) is 0 Å². The molecule has 6 aromatic rings. The van der Waals surface area contributed by atoms with Crippen LogP contribution in [0.1, 0.15) is 0 Å². The van der Waals surface area contributed by atoms with Gasteiger partial charge < -0.3 is 61.9 Å². The molecule has 0 spiro atoms. The van der Waals surface area contributed by atoms with Crippen LogP contribution in [-0.2, 0) is 4.57 Å². The fourth-order valence-corrected chi connectivity index (χ4v) is 6.77. The lowest BCUT2D eigenvalue weighted by molar-refractivity contribution is -0.871. The molecule has 0 aliphatic rings. The summed E-state index contributed by atoms with van der Waals surface area (Å²) >= 11 is 18.6. The van der Waals surface area contributed by atoms with Gasteiger partial charge >= 0.3 is 0 Å². The largest absolute Gasteiger partial charge is 0.822 e. The Hall–Kier alpha value is -3.46. The first kappa shape index (κ1) is 46.9. The van der Waals surface area contributed by atoms with E-state index in [0.717, 1.165) is 83.0 Å². The normalized spacial score (nSPS) is 13.7. The molecule has 17 heteroatoms. The molecule has 0 fully saturated rings. The van der Waals surface area contributed by atoms with Gasteiger partial charge in [-0.1, -0.05) is 71.2 Å². The Labute approximate surface area is 344 Å². The number of ether oxygens (including phenoxy) is 3. The minimum atomic E-state index is -5.39. The third-order valence-electron chi connectivity index (χ3n) is 7.49. The molecule has 13 nitrogen and oxygen atoms in total. The highest BCUT2D eigenvalue weighted by Gasteiger charge is 2.20. The number of para-hydroxylation sites is 3. The number of phosphoric acid groups is 1. The molecular weight excluding hydrogens is 802 g/mol. The molecule has 56 heavy (non-hydrogen) atoms. The highest BCUT2D eigenvalue weighted by molar-refractivity contribution is 7.40. The number of rotatable bonds is 12. The molecule has 3 unspecified atom stereocenters. The Balaban J connectivity index is 0.000000212. The predicted molar refractivity (Wildman–Crippen MR) is 222 cm³/mol. The van der Waals surface area contributed by atoms with E-state index in [-0.39, 0.29) is 16.7 Å². The van der Waals surface area contributed by atoms with E-state index in [1.807, 2.05) is 91.4 Å². The second-order valence-electron chi connectivity index (χ2n) is 16.0. The van der Waals surface area contributed by atoms with Gasteiger partial charge in [0.25, 0.3) is 0 Å². The van der Waals surface area contributed by atoms with Crippen molar-refractivity contribution in [1.29, 1.82) is 0 Å². The van der Waals surface area contributed by atoms with Crippen molar-refractivity contribution in [3.05, 3.63) is 91.4 Å². The number of hydrogen-bond donors (Lipinski definition) is 3. The molecule has 308 valence electrons. The molecule has 3 atom stereocenters. The van der Waals surface area contributed by atoms with Crippen molar-refractivity contribution < 1.29 is 46.9 Å². The van der Waals surface area contributed by atoms with Gasteiger partial charge in [0.2, 0.25) is 16.7 Å². The molecule has 0 aliphatic heterocycles. The molecule has 0 aliphatic carbocycles. The average Bonchev–Trinajstić information content (AvgIpc) is 3.76. The van der Waals surface area contributed by atoms with Crippen molar-refractivity contribution in [1.82, 2.24) is 15.0 Å². The van der Waals surface area contributed by atoms with E-state index in [1.165, 1.54) is 0 Å². The number of halogens is 3. The number of nitrogens with one attached hydrogen (secondary N) is 3. The van der Waals surface area contributed by atoms with Gasteiger partial charge in [-0.15, -0.1) is 0 Å². The maximum atomic E-state index is 8.55. The Kier molecular flexibility index (Phi) is 17.0. The molecule has 0 amide bonds. The van der Waals surface area contributed by atoms with Crippen LogP contribution in [0.3, 0.4) is 0 Å². The second kappa shape index (κ2) is 20.3. The van der Waals surface area contributed by atoms with E-state index in [1.54, 1.807) is 0 Å². The van der Waals surface area contributed by atoms with Gasteiger partial charge in [-0.2, -0.15) is 7.82 Å². The number of nitrogens with zero attached hydrogens (tertiary/aromatic N) is 3. The molecule has 3 N–H and O–H groups in total. The lowest BCUT2D eigenvalue weighted by Crippen LogP contribution is -2.41. The van der Waals surface area contributed by atoms with Crippen LogP contribution in [0.15, 0.2) is 91.4 Å². The number of H-pyrrole nitrogens is 3. The van der Waals surface area contributed by atoms with Crippen LogP contribution in [0.5, 0.6) is 17.2 Å². The fraction of sp³-hybridized carbons (Fsp3) is 0.385. The van der Waals surface area contributed by atoms with E-state index < -0.39 is 7.82 Å². The monoisotopic (exact) mass is 854 g/mol. The summed E-state index contributed by atoms with van der Waals surface area (Å²) in [4.78, 5) is 35.1. The van der Waals surface area contributed by atoms with E-state index in [9.17, 15) is 0 Å². The van der Waals surface area contributed by atoms with E-state index >= 15 is 0 Å². The number of likely N-dealkylation sites (N-methyl/N-ethyl adjacent to an activating group) is 3. The number of fused-ring (bicyclic) bond motifs is 3. The Morgan fingerprint density at radius 3 is 0.929 bits per heavy atom. The van der Waals surface area contributed by atoms with Crippen molar-refractivity contribution in [2.75, 3.05) is 83.1 Å². The maximum absolute atomic E-state index is 8.55. The minimum Gasteiger partial charge on any atom is -0.822 e. The van der Waals surface area contributed by atoms with Gasteiger partial charge in [0, 0.05) is 51.3 Å². The van der Waals surface area contributed by atoms with Crippen LogP contribution in [0.25, 0.3) is 32.7 Å². The van der Waals surface area contributed by atoms with E-state index in [4.69, 9.17) is 68.3 Å². The number of alkyl halides is 3. The lowest BCUT2D eigenvalue weighted by atomic mass is 10.2. The third-order valence-corrected chi connectivity index (χ3v) is 8.17. The highest BCUT2D eigenvalue weighted by Crippen LogP contribution is 2.29. The van der Waals surface area contributed by atoms with Gasteiger partial charge in [0.15, 0.2) is 0 Å². The zero-order chi connectivity index (χ0) is 41.9. The Morgan fingerprint density at radius 2 is 0.714 bits per heavy atom. The summed E-state index contributed by atoms with van der Waals surface area (Å²) in [6, 6.07) is 24.1. The topological polar surface area (TPSA) is 161 Å². The molecule has 0 bridgehead atoms. The van der Waals surface area contributed by atoms with Crippen molar-refractivity contribution >= 4 is 75.3 Å². The molecule has 3 heterocycles. The second-order valence-corrected chi connectivity index (χ2v) is 18.4. The Bertz CT molecular complexity index is 1900. The van der Waals surface area contributed by atoms with Gasteiger partial charge in [-0.3, -0.25) is 0 Å². The predicted octanol–water partition coefficient (Wildman–Crippen LogP) is 5.63. The summed E-state index contributed by atoms with van der Waals surface area (Å²) in [7, 11) is 13.4.